The molecule has 25 heavy (non-hydrogen) atoms. The van der Waals surface area contributed by atoms with Crippen LogP contribution < -0.4 is 5.32 Å². The van der Waals surface area contributed by atoms with Gasteiger partial charge in [-0.15, -0.1) is 0 Å². The van der Waals surface area contributed by atoms with Crippen LogP contribution >= 0.6 is 15.9 Å². The van der Waals surface area contributed by atoms with Crippen molar-refractivity contribution in [1.29, 1.82) is 0 Å². The zero-order chi connectivity index (χ0) is 18.1. The van der Waals surface area contributed by atoms with Crippen molar-refractivity contribution in [3.05, 3.63) is 45.7 Å². The summed E-state index contributed by atoms with van der Waals surface area (Å²) < 4.78 is 2.85. The Kier molecular flexibility index (Phi) is 5.29. The maximum Gasteiger partial charge on any atom is 0.255 e. The lowest BCUT2D eigenvalue weighted by molar-refractivity contribution is 0.0938. The molecular weight excluding hydrogens is 380 g/mol. The predicted molar refractivity (Wildman–Crippen MR) is 103 cm³/mol. The SMILES string of the molecule is Cc1nn(-c2ccc(Br)cc2)c(C)c1C(=O)NCC(C)N(C)C1CC1. The molecule has 1 aromatic carbocycles. The van der Waals surface area contributed by atoms with Gasteiger partial charge in [-0.1, -0.05) is 15.9 Å². The summed E-state index contributed by atoms with van der Waals surface area (Å²) in [5.74, 6) is -0.0468. The molecule has 5 nitrogen and oxygen atoms in total. The van der Waals surface area contributed by atoms with E-state index in [2.05, 4.69) is 45.2 Å². The second-order valence-electron chi connectivity index (χ2n) is 6.89. The van der Waals surface area contributed by atoms with Crippen LogP contribution in [0.2, 0.25) is 0 Å². The highest BCUT2D eigenvalue weighted by Crippen LogP contribution is 2.26. The smallest absolute Gasteiger partial charge is 0.255 e. The molecule has 1 atom stereocenters. The molecule has 1 saturated carbocycles. The summed E-state index contributed by atoms with van der Waals surface area (Å²) >= 11 is 3.44. The number of hydrogen-bond donors (Lipinski definition) is 1. The van der Waals surface area contributed by atoms with E-state index >= 15 is 0 Å². The number of likely N-dealkylation sites (N-methyl/N-ethyl adjacent to an activating group) is 1. The number of aromatic nitrogens is 2. The molecule has 0 bridgehead atoms. The Morgan fingerprint density at radius 1 is 1.36 bits per heavy atom. The van der Waals surface area contributed by atoms with Gasteiger partial charge in [-0.2, -0.15) is 5.10 Å². The first-order valence-electron chi connectivity index (χ1n) is 8.70. The van der Waals surface area contributed by atoms with Gasteiger partial charge in [0.25, 0.3) is 5.91 Å². The molecule has 1 unspecified atom stereocenters. The summed E-state index contributed by atoms with van der Waals surface area (Å²) in [5, 5.41) is 7.64. The number of nitrogens with one attached hydrogen (secondary N) is 1. The van der Waals surface area contributed by atoms with Gasteiger partial charge in [-0.25, -0.2) is 4.68 Å². The number of benzene rings is 1. The Hall–Kier alpha value is -1.66. The summed E-state index contributed by atoms with van der Waals surface area (Å²) in [4.78, 5) is 15.1. The van der Waals surface area contributed by atoms with E-state index in [0.29, 0.717) is 24.2 Å². The predicted octanol–water partition coefficient (Wildman–Crippen LogP) is 3.46. The Bertz CT molecular complexity index is 764. The molecule has 1 N–H and O–H groups in total. The third kappa shape index (κ3) is 3.96. The quantitative estimate of drug-likeness (QED) is 0.801. The van der Waals surface area contributed by atoms with Crippen molar-refractivity contribution in [2.24, 2.45) is 0 Å². The van der Waals surface area contributed by atoms with Crippen molar-refractivity contribution in [3.8, 4) is 5.69 Å². The first-order chi connectivity index (χ1) is 11.9. The van der Waals surface area contributed by atoms with Gasteiger partial charge in [0.1, 0.15) is 0 Å². The van der Waals surface area contributed by atoms with E-state index in [1.165, 1.54) is 12.8 Å². The molecule has 0 radical (unpaired) electrons. The fraction of sp³-hybridized carbons (Fsp3) is 0.474. The van der Waals surface area contributed by atoms with Crippen LogP contribution in [0.3, 0.4) is 0 Å². The molecule has 2 aromatic rings. The van der Waals surface area contributed by atoms with Crippen molar-refractivity contribution >= 4 is 21.8 Å². The Balaban J connectivity index is 1.73. The first kappa shape index (κ1) is 18.1. The van der Waals surface area contributed by atoms with Crippen molar-refractivity contribution in [2.45, 2.75) is 45.7 Å². The number of carbonyl (C=O) groups excluding carboxylic acids is 1. The molecule has 1 heterocycles. The molecule has 0 spiro atoms. The maximum absolute atomic E-state index is 12.7. The average molecular weight is 405 g/mol. The monoisotopic (exact) mass is 404 g/mol. The second-order valence-corrected chi connectivity index (χ2v) is 7.81. The lowest BCUT2D eigenvalue weighted by atomic mass is 10.1. The van der Waals surface area contributed by atoms with Crippen LogP contribution in [0.25, 0.3) is 5.69 Å². The van der Waals surface area contributed by atoms with Crippen LogP contribution in [-0.2, 0) is 0 Å². The Labute approximate surface area is 157 Å². The number of aryl methyl sites for hydroxylation is 1. The normalized spacial score (nSPS) is 15.4. The number of halogens is 1. The minimum atomic E-state index is -0.0468. The van der Waals surface area contributed by atoms with Gasteiger partial charge in [0, 0.05) is 23.1 Å². The number of nitrogens with zero attached hydrogens (tertiary/aromatic N) is 3. The highest BCUT2D eigenvalue weighted by atomic mass is 79.9. The van der Waals surface area contributed by atoms with Gasteiger partial charge in [-0.3, -0.25) is 9.69 Å². The molecule has 1 fully saturated rings. The first-order valence-corrected chi connectivity index (χ1v) is 9.50. The van der Waals surface area contributed by atoms with E-state index in [1.54, 1.807) is 0 Å². The van der Waals surface area contributed by atoms with Crippen LogP contribution in [0.5, 0.6) is 0 Å². The lowest BCUT2D eigenvalue weighted by Crippen LogP contribution is -2.41. The minimum Gasteiger partial charge on any atom is -0.350 e. The standard InChI is InChI=1S/C19H25BrN4O/c1-12(23(4)16-9-10-16)11-21-19(25)18-13(2)22-24(14(18)3)17-7-5-15(20)6-8-17/h5-8,12,16H,9-11H2,1-4H3,(H,21,25). The van der Waals surface area contributed by atoms with Gasteiger partial charge in [0.15, 0.2) is 0 Å². The van der Waals surface area contributed by atoms with Gasteiger partial charge in [0.2, 0.25) is 0 Å². The highest BCUT2D eigenvalue weighted by Gasteiger charge is 2.29. The summed E-state index contributed by atoms with van der Waals surface area (Å²) in [6.07, 6.45) is 2.54. The topological polar surface area (TPSA) is 50.2 Å². The maximum atomic E-state index is 12.7. The van der Waals surface area contributed by atoms with E-state index in [9.17, 15) is 4.79 Å². The third-order valence-corrected chi connectivity index (χ3v) is 5.49. The number of rotatable bonds is 6. The van der Waals surface area contributed by atoms with E-state index < -0.39 is 0 Å². The van der Waals surface area contributed by atoms with Gasteiger partial charge >= 0.3 is 0 Å². The molecule has 134 valence electrons. The summed E-state index contributed by atoms with van der Waals surface area (Å²) in [7, 11) is 2.14. The molecule has 0 saturated heterocycles. The van der Waals surface area contributed by atoms with Crippen LogP contribution in [0, 0.1) is 13.8 Å². The van der Waals surface area contributed by atoms with Crippen LogP contribution in [0.15, 0.2) is 28.7 Å². The van der Waals surface area contributed by atoms with E-state index in [-0.39, 0.29) is 5.91 Å². The molecule has 1 aromatic heterocycles. The largest absolute Gasteiger partial charge is 0.350 e. The molecule has 6 heteroatoms. The van der Waals surface area contributed by atoms with Gasteiger partial charge in [-0.05, 0) is 64.9 Å². The van der Waals surface area contributed by atoms with Crippen LogP contribution in [0.4, 0.5) is 0 Å². The molecule has 1 aliphatic carbocycles. The lowest BCUT2D eigenvalue weighted by Gasteiger charge is -2.24. The third-order valence-electron chi connectivity index (χ3n) is 4.97. The fourth-order valence-corrected chi connectivity index (χ4v) is 3.38. The summed E-state index contributed by atoms with van der Waals surface area (Å²) in [6, 6.07) is 8.94. The van der Waals surface area contributed by atoms with Crippen molar-refractivity contribution in [2.75, 3.05) is 13.6 Å². The number of amides is 1. The van der Waals surface area contributed by atoms with E-state index in [4.69, 9.17) is 0 Å². The second kappa shape index (κ2) is 7.30. The zero-order valence-corrected chi connectivity index (χ0v) is 16.8. The number of carbonyl (C=O) groups is 1. The molecule has 3 rings (SSSR count). The Morgan fingerprint density at radius 3 is 2.60 bits per heavy atom. The average Bonchev–Trinajstić information content (AvgIpc) is 3.38. The van der Waals surface area contributed by atoms with Crippen molar-refractivity contribution in [1.82, 2.24) is 20.0 Å². The van der Waals surface area contributed by atoms with E-state index in [1.807, 2.05) is 42.8 Å². The van der Waals surface area contributed by atoms with E-state index in [0.717, 1.165) is 21.5 Å². The molecular formula is C19H25BrN4O. The van der Waals surface area contributed by atoms with Gasteiger partial charge < -0.3 is 5.32 Å². The molecule has 0 aliphatic heterocycles. The van der Waals surface area contributed by atoms with Crippen molar-refractivity contribution < 1.29 is 4.79 Å². The van der Waals surface area contributed by atoms with Crippen molar-refractivity contribution in [3.63, 3.8) is 0 Å². The fourth-order valence-electron chi connectivity index (χ4n) is 3.12. The summed E-state index contributed by atoms with van der Waals surface area (Å²) in [5.41, 5.74) is 3.23. The highest BCUT2D eigenvalue weighted by molar-refractivity contribution is 9.10. The van der Waals surface area contributed by atoms with Crippen LogP contribution in [-0.4, -0.2) is 46.3 Å². The number of hydrogen-bond acceptors (Lipinski definition) is 3. The minimum absolute atomic E-state index is 0.0468. The summed E-state index contributed by atoms with van der Waals surface area (Å²) in [6.45, 7) is 6.63. The molecule has 1 amide bonds. The molecule has 1 aliphatic rings. The Morgan fingerprint density at radius 2 is 2.00 bits per heavy atom. The van der Waals surface area contributed by atoms with Crippen LogP contribution in [0.1, 0.15) is 41.5 Å². The van der Waals surface area contributed by atoms with Gasteiger partial charge in [0.05, 0.1) is 22.6 Å². The zero-order valence-electron chi connectivity index (χ0n) is 15.2.